The number of hydrogen-bond acceptors (Lipinski definition) is 3. The van der Waals surface area contributed by atoms with Crippen molar-refractivity contribution in [2.75, 3.05) is 19.0 Å². The van der Waals surface area contributed by atoms with Gasteiger partial charge in [0.2, 0.25) is 0 Å². The van der Waals surface area contributed by atoms with Crippen molar-refractivity contribution in [3.05, 3.63) is 70.5 Å². The van der Waals surface area contributed by atoms with Gasteiger partial charge < -0.3 is 4.90 Å². The molecule has 0 spiro atoms. The summed E-state index contributed by atoms with van der Waals surface area (Å²) in [6.07, 6.45) is 0. The van der Waals surface area contributed by atoms with Crippen LogP contribution in [0.1, 0.15) is 19.4 Å². The molecule has 0 N–H and O–H groups in total. The average molecular weight is 361 g/mol. The molecule has 0 atom stereocenters. The first kappa shape index (κ1) is 18.9. The molecule has 4 heteroatoms. The van der Waals surface area contributed by atoms with Crippen molar-refractivity contribution < 1.29 is 0 Å². The van der Waals surface area contributed by atoms with E-state index in [1.165, 1.54) is 11.1 Å². The third-order valence-electron chi connectivity index (χ3n) is 4.62. The summed E-state index contributed by atoms with van der Waals surface area (Å²) in [5.41, 5.74) is 5.82. The van der Waals surface area contributed by atoms with E-state index >= 15 is 0 Å². The Morgan fingerprint density at radius 3 is 2.04 bits per heavy atom. The Morgan fingerprint density at radius 2 is 1.48 bits per heavy atom. The number of anilines is 1. The minimum atomic E-state index is -0.0316. The fraction of sp³-hybridized carbons (Fsp3) is 0.304. The average Bonchev–Trinajstić information content (AvgIpc) is 2.64. The molecule has 0 bridgehead atoms. The smallest absolute Gasteiger partial charge is 0.290 e. The van der Waals surface area contributed by atoms with Crippen molar-refractivity contribution in [1.29, 1.82) is 0 Å². The van der Waals surface area contributed by atoms with Crippen molar-refractivity contribution in [2.24, 2.45) is 5.92 Å². The molecule has 1 heterocycles. The molecule has 0 radical (unpaired) electrons. The zero-order chi connectivity index (χ0) is 19.6. The summed E-state index contributed by atoms with van der Waals surface area (Å²) < 4.78 is 1.60. The first-order valence-electron chi connectivity index (χ1n) is 9.33. The van der Waals surface area contributed by atoms with Gasteiger partial charge in [-0.1, -0.05) is 68.4 Å². The van der Waals surface area contributed by atoms with Gasteiger partial charge >= 0.3 is 0 Å². The summed E-state index contributed by atoms with van der Waals surface area (Å²) >= 11 is 0. The Bertz CT molecular complexity index is 971. The van der Waals surface area contributed by atoms with Crippen LogP contribution in [0.2, 0.25) is 0 Å². The summed E-state index contributed by atoms with van der Waals surface area (Å²) in [5, 5.41) is 4.71. The number of nitrogens with zero attached hydrogens (tertiary/aromatic N) is 3. The number of benzene rings is 2. The summed E-state index contributed by atoms with van der Waals surface area (Å²) in [7, 11) is 3.82. The lowest BCUT2D eigenvalue weighted by Gasteiger charge is -2.20. The zero-order valence-corrected chi connectivity index (χ0v) is 16.7. The van der Waals surface area contributed by atoms with Crippen molar-refractivity contribution in [3.8, 4) is 22.4 Å². The van der Waals surface area contributed by atoms with Gasteiger partial charge in [-0.15, -0.1) is 0 Å². The molecule has 3 rings (SSSR count). The molecule has 2 aromatic carbocycles. The molecular weight excluding hydrogens is 334 g/mol. The van der Waals surface area contributed by atoms with Crippen LogP contribution >= 0.6 is 0 Å². The number of hydrogen-bond donors (Lipinski definition) is 0. The monoisotopic (exact) mass is 361 g/mol. The molecule has 0 unspecified atom stereocenters. The quantitative estimate of drug-likeness (QED) is 0.666. The molecule has 0 aliphatic heterocycles. The summed E-state index contributed by atoms with van der Waals surface area (Å²) in [6, 6.07) is 18.7. The molecule has 0 aliphatic rings. The molecule has 140 valence electrons. The van der Waals surface area contributed by atoms with Crippen LogP contribution in [0.25, 0.3) is 22.4 Å². The van der Waals surface area contributed by atoms with Gasteiger partial charge in [-0.3, -0.25) is 4.79 Å². The second kappa shape index (κ2) is 7.78. The first-order valence-corrected chi connectivity index (χ1v) is 9.33. The van der Waals surface area contributed by atoms with E-state index in [9.17, 15) is 4.79 Å². The van der Waals surface area contributed by atoms with Crippen LogP contribution in [0.15, 0.2) is 59.4 Å². The Balaban J connectivity index is 2.10. The minimum Gasteiger partial charge on any atom is -0.373 e. The fourth-order valence-corrected chi connectivity index (χ4v) is 3.36. The molecular formula is C23H27N3O. The van der Waals surface area contributed by atoms with Gasteiger partial charge in [0.1, 0.15) is 5.69 Å². The molecule has 0 fully saturated rings. The van der Waals surface area contributed by atoms with Crippen molar-refractivity contribution in [2.45, 2.75) is 27.3 Å². The second-order valence-corrected chi connectivity index (χ2v) is 7.54. The van der Waals surface area contributed by atoms with Gasteiger partial charge in [-0.25, -0.2) is 4.68 Å². The van der Waals surface area contributed by atoms with Crippen LogP contribution in [-0.2, 0) is 6.54 Å². The van der Waals surface area contributed by atoms with E-state index < -0.39 is 0 Å². The normalized spacial score (nSPS) is 11.0. The second-order valence-electron chi connectivity index (χ2n) is 7.54. The first-order chi connectivity index (χ1) is 12.9. The van der Waals surface area contributed by atoms with E-state index in [0.717, 1.165) is 16.8 Å². The highest BCUT2D eigenvalue weighted by atomic mass is 16.1. The molecule has 4 nitrogen and oxygen atoms in total. The van der Waals surface area contributed by atoms with Crippen LogP contribution in [-0.4, -0.2) is 23.9 Å². The van der Waals surface area contributed by atoms with E-state index in [-0.39, 0.29) is 5.56 Å². The third kappa shape index (κ3) is 3.95. The highest BCUT2D eigenvalue weighted by Crippen LogP contribution is 2.28. The zero-order valence-electron chi connectivity index (χ0n) is 16.7. The van der Waals surface area contributed by atoms with Gasteiger partial charge in [0.25, 0.3) is 5.56 Å². The van der Waals surface area contributed by atoms with Crippen molar-refractivity contribution in [3.63, 3.8) is 0 Å². The molecule has 1 aromatic heterocycles. The summed E-state index contributed by atoms with van der Waals surface area (Å²) in [6.45, 7) is 6.77. The van der Waals surface area contributed by atoms with E-state index in [2.05, 4.69) is 50.2 Å². The maximum Gasteiger partial charge on any atom is 0.290 e. The molecule has 0 saturated heterocycles. The highest BCUT2D eigenvalue weighted by molar-refractivity contribution is 5.73. The van der Waals surface area contributed by atoms with Crippen LogP contribution in [0.3, 0.4) is 0 Å². The van der Waals surface area contributed by atoms with Crippen LogP contribution < -0.4 is 10.5 Å². The Kier molecular flexibility index (Phi) is 5.45. The standard InChI is InChI=1S/C23H27N3O/c1-16(2)15-26-23(27)22(25(4)5)17(3)21(24-26)20-13-11-19(12-14-20)18-9-7-6-8-10-18/h6-14,16H,15H2,1-5H3. The lowest BCUT2D eigenvalue weighted by Crippen LogP contribution is -2.32. The number of rotatable bonds is 5. The Morgan fingerprint density at radius 1 is 0.926 bits per heavy atom. The molecule has 27 heavy (non-hydrogen) atoms. The SMILES string of the molecule is Cc1c(-c2ccc(-c3ccccc3)cc2)nn(CC(C)C)c(=O)c1N(C)C. The van der Waals surface area contributed by atoms with Crippen LogP contribution in [0.4, 0.5) is 5.69 Å². The highest BCUT2D eigenvalue weighted by Gasteiger charge is 2.17. The van der Waals surface area contributed by atoms with Gasteiger partial charge in [0.15, 0.2) is 0 Å². The molecule has 0 aliphatic carbocycles. The number of aromatic nitrogens is 2. The Labute approximate surface area is 161 Å². The molecule has 0 amide bonds. The maximum atomic E-state index is 12.8. The molecule has 0 saturated carbocycles. The molecule has 3 aromatic rings. The van der Waals surface area contributed by atoms with E-state index in [0.29, 0.717) is 18.2 Å². The van der Waals surface area contributed by atoms with E-state index in [1.54, 1.807) is 4.68 Å². The predicted molar refractivity (Wildman–Crippen MR) is 113 cm³/mol. The largest absolute Gasteiger partial charge is 0.373 e. The third-order valence-corrected chi connectivity index (χ3v) is 4.62. The van der Waals surface area contributed by atoms with Gasteiger partial charge in [0, 0.05) is 31.8 Å². The summed E-state index contributed by atoms with van der Waals surface area (Å²) in [5.74, 6) is 0.348. The van der Waals surface area contributed by atoms with Crippen molar-refractivity contribution in [1.82, 2.24) is 9.78 Å². The Hall–Kier alpha value is -2.88. The maximum absolute atomic E-state index is 12.8. The predicted octanol–water partition coefficient (Wildman–Crippen LogP) is 4.61. The van der Waals surface area contributed by atoms with Gasteiger partial charge in [0.05, 0.1) is 5.69 Å². The van der Waals surface area contributed by atoms with Gasteiger partial charge in [-0.2, -0.15) is 5.10 Å². The fourth-order valence-electron chi connectivity index (χ4n) is 3.36. The van der Waals surface area contributed by atoms with Crippen LogP contribution in [0.5, 0.6) is 0 Å². The minimum absolute atomic E-state index is 0.0316. The van der Waals surface area contributed by atoms with Crippen LogP contribution in [0, 0.1) is 12.8 Å². The van der Waals surface area contributed by atoms with Crippen molar-refractivity contribution >= 4 is 5.69 Å². The van der Waals surface area contributed by atoms with E-state index in [4.69, 9.17) is 5.10 Å². The lowest BCUT2D eigenvalue weighted by atomic mass is 10.0. The lowest BCUT2D eigenvalue weighted by molar-refractivity contribution is 0.465. The van der Waals surface area contributed by atoms with E-state index in [1.807, 2.05) is 44.1 Å². The van der Waals surface area contributed by atoms with Gasteiger partial charge in [-0.05, 0) is 24.0 Å². The topological polar surface area (TPSA) is 38.1 Å². The summed E-state index contributed by atoms with van der Waals surface area (Å²) in [4.78, 5) is 14.7.